The van der Waals surface area contributed by atoms with E-state index < -0.39 is 46.5 Å². The summed E-state index contributed by atoms with van der Waals surface area (Å²) in [6, 6.07) is 1.91. The number of oxazole rings is 1. The van der Waals surface area contributed by atoms with Gasteiger partial charge in [0.1, 0.15) is 23.4 Å². The molecule has 1 fully saturated rings. The van der Waals surface area contributed by atoms with Gasteiger partial charge in [0.05, 0.1) is 23.4 Å². The molecule has 2 aromatic rings. The van der Waals surface area contributed by atoms with Crippen LogP contribution in [0.25, 0.3) is 0 Å². The van der Waals surface area contributed by atoms with E-state index in [1.54, 1.807) is 29.1 Å². The summed E-state index contributed by atoms with van der Waals surface area (Å²) < 4.78 is 6.56. The number of aromatic nitrogens is 2. The number of β-lactam (4-membered cyclic amide) rings is 1. The van der Waals surface area contributed by atoms with E-state index in [0.717, 1.165) is 11.2 Å². The van der Waals surface area contributed by atoms with Crippen LogP contribution >= 0.6 is 11.8 Å². The number of oxime groups is 2. The van der Waals surface area contributed by atoms with Crippen LogP contribution in [0.15, 0.2) is 56.8 Å². The molecule has 16 nitrogen and oxygen atoms in total. The fourth-order valence-electron chi connectivity index (χ4n) is 3.81. The molecule has 0 bridgehead atoms. The van der Waals surface area contributed by atoms with Crippen molar-refractivity contribution in [1.29, 1.82) is 0 Å². The highest BCUT2D eigenvalue weighted by molar-refractivity contribution is 8.00. The van der Waals surface area contributed by atoms with Crippen LogP contribution in [0.1, 0.15) is 25.1 Å². The molecule has 17 heteroatoms. The zero-order chi connectivity index (χ0) is 29.2. The number of aliphatic carboxylic acids is 2. The third-order valence-corrected chi connectivity index (χ3v) is 7.19. The van der Waals surface area contributed by atoms with Crippen molar-refractivity contribution in [3.8, 4) is 0 Å². The van der Waals surface area contributed by atoms with E-state index in [0.29, 0.717) is 11.1 Å². The number of nitrogens with one attached hydrogen (secondary N) is 1. The zero-order valence-corrected chi connectivity index (χ0v) is 21.8. The van der Waals surface area contributed by atoms with Gasteiger partial charge in [0.2, 0.25) is 5.60 Å². The second-order valence-corrected chi connectivity index (χ2v) is 10.2. The van der Waals surface area contributed by atoms with Crippen molar-refractivity contribution in [1.82, 2.24) is 15.2 Å². The molecule has 5 N–H and O–H groups in total. The Labute approximate surface area is 229 Å². The maximum atomic E-state index is 13.1. The van der Waals surface area contributed by atoms with Gasteiger partial charge in [-0.25, -0.2) is 9.36 Å². The molecule has 210 valence electrons. The Balaban J connectivity index is 1.55. The smallest absolute Gasteiger partial charge is 0.350 e. The van der Waals surface area contributed by atoms with E-state index in [4.69, 9.17) is 20.2 Å². The Morgan fingerprint density at radius 3 is 2.83 bits per heavy atom. The number of nitrogens with zero attached hydrogens (tertiary/aromatic N) is 5. The minimum Gasteiger partial charge on any atom is -0.543 e. The van der Waals surface area contributed by atoms with Crippen molar-refractivity contribution in [2.75, 3.05) is 11.5 Å². The number of carbonyl (C=O) groups excluding carboxylic acids is 3. The molecule has 2 aliphatic heterocycles. The van der Waals surface area contributed by atoms with E-state index in [2.05, 4.69) is 20.6 Å². The molecule has 2 atom stereocenters. The normalized spacial score (nSPS) is 19.3. The highest BCUT2D eigenvalue weighted by atomic mass is 32.2. The third-order valence-electron chi connectivity index (χ3n) is 5.85. The topological polar surface area (TPSA) is 237 Å². The van der Waals surface area contributed by atoms with Crippen molar-refractivity contribution in [3.05, 3.63) is 53.3 Å². The van der Waals surface area contributed by atoms with E-state index in [9.17, 15) is 29.4 Å². The van der Waals surface area contributed by atoms with Gasteiger partial charge in [-0.05, 0) is 19.9 Å². The van der Waals surface area contributed by atoms with Gasteiger partial charge in [0, 0.05) is 17.4 Å². The summed E-state index contributed by atoms with van der Waals surface area (Å²) in [5, 5.41) is 38.4. The number of nitrogens with two attached hydrogens (primary N) is 1. The van der Waals surface area contributed by atoms with Gasteiger partial charge < -0.3 is 40.5 Å². The summed E-state index contributed by atoms with van der Waals surface area (Å²) >= 11 is 1.22. The monoisotopic (exact) mass is 573 g/mol. The largest absolute Gasteiger partial charge is 0.543 e. The average molecular weight is 574 g/mol. The Hall–Kier alpha value is -4.93. The van der Waals surface area contributed by atoms with Crippen molar-refractivity contribution in [3.63, 3.8) is 0 Å². The first-order valence-electron chi connectivity index (χ1n) is 11.5. The first kappa shape index (κ1) is 28.1. The number of carbonyl (C=O) groups is 4. The second-order valence-electron chi connectivity index (χ2n) is 9.07. The fraction of sp³-hybridized carbons (Fsp3) is 0.304. The minimum atomic E-state index is -1.81. The predicted molar refractivity (Wildman–Crippen MR) is 133 cm³/mol. The highest BCUT2D eigenvalue weighted by Crippen LogP contribution is 2.40. The number of carboxylic acids is 2. The van der Waals surface area contributed by atoms with E-state index in [-0.39, 0.29) is 29.7 Å². The molecule has 40 heavy (non-hydrogen) atoms. The standard InChI is InChI=1S/C23H23N7O9S/c1-23(2,21(35)36)39-28-14(13-9-38-22(24)26-13)17(31)27-15-18(32)30-16(20(33)34)12(10-40-19(15)30)8-29-5-3-4-11(7-29)6-25-37/h3-7,9,15,19H,8,10H2,1-2H3,(H5-,24,26,27,31,33,34,35,36,37)/t15?,19-/m0/s1. The molecule has 1 unspecified atom stereocenters. The lowest BCUT2D eigenvalue weighted by Crippen LogP contribution is -2.71. The van der Waals surface area contributed by atoms with Crippen LogP contribution in [0, 0.1) is 0 Å². The van der Waals surface area contributed by atoms with Gasteiger partial charge >= 0.3 is 5.97 Å². The maximum Gasteiger partial charge on any atom is 0.350 e. The Morgan fingerprint density at radius 1 is 1.45 bits per heavy atom. The molecular formula is C23H23N7O9S. The number of carboxylic acid groups (broad SMARTS) is 2. The van der Waals surface area contributed by atoms with Gasteiger partial charge in [-0.1, -0.05) is 10.3 Å². The number of hydrogen-bond donors (Lipinski definition) is 4. The maximum absolute atomic E-state index is 13.1. The molecule has 0 saturated carbocycles. The second kappa shape index (κ2) is 11.0. The summed E-state index contributed by atoms with van der Waals surface area (Å²) in [6.07, 6.45) is 5.51. The number of rotatable bonds is 10. The fourth-order valence-corrected chi connectivity index (χ4v) is 5.14. The summed E-state index contributed by atoms with van der Waals surface area (Å²) in [4.78, 5) is 59.5. The molecule has 2 aliphatic rings. The van der Waals surface area contributed by atoms with Crippen molar-refractivity contribution >= 4 is 53.5 Å². The molecule has 2 aromatic heterocycles. The van der Waals surface area contributed by atoms with Crippen LogP contribution in [0.4, 0.5) is 6.01 Å². The van der Waals surface area contributed by atoms with Gasteiger partial charge in [0.25, 0.3) is 17.8 Å². The Kier molecular flexibility index (Phi) is 7.76. The average Bonchev–Trinajstić information content (AvgIpc) is 3.32. The van der Waals surface area contributed by atoms with Crippen LogP contribution in [-0.2, 0) is 30.6 Å². The zero-order valence-electron chi connectivity index (χ0n) is 21.0. The van der Waals surface area contributed by atoms with Crippen molar-refractivity contribution in [2.45, 2.75) is 37.4 Å². The Bertz CT molecular complexity index is 1470. The number of anilines is 1. The first-order chi connectivity index (χ1) is 18.9. The number of fused-ring (bicyclic) bond motifs is 1. The van der Waals surface area contributed by atoms with Gasteiger partial charge in [-0.15, -0.1) is 11.8 Å². The molecule has 0 aliphatic carbocycles. The number of hydrogen-bond acceptors (Lipinski definition) is 13. The summed E-state index contributed by atoms with van der Waals surface area (Å²) in [5.74, 6) is -4.39. The molecule has 4 heterocycles. The predicted octanol–water partition coefficient (Wildman–Crippen LogP) is -1.96. The SMILES string of the molecule is CC(C)(ON=C(C(=O)NC1C(=O)N2C(C(=O)[O-])=C(C[n+]3cccc(C=NO)c3)CS[C@@H]12)c1coc(N)n1)C(=O)O. The lowest BCUT2D eigenvalue weighted by atomic mass is 10.0. The number of amides is 2. The molecular weight excluding hydrogens is 550 g/mol. The molecule has 1 saturated heterocycles. The minimum absolute atomic E-state index is 0.109. The van der Waals surface area contributed by atoms with E-state index >= 15 is 0 Å². The molecule has 0 spiro atoms. The van der Waals surface area contributed by atoms with E-state index in [1.165, 1.54) is 31.8 Å². The Morgan fingerprint density at radius 2 is 2.20 bits per heavy atom. The van der Waals surface area contributed by atoms with Crippen LogP contribution < -0.4 is 20.7 Å². The molecule has 2 amide bonds. The quantitative estimate of drug-likeness (QED) is 0.0797. The lowest BCUT2D eigenvalue weighted by molar-refractivity contribution is -0.689. The van der Waals surface area contributed by atoms with E-state index in [1.807, 2.05) is 0 Å². The summed E-state index contributed by atoms with van der Waals surface area (Å²) in [5.41, 5.74) is 3.63. The number of pyridine rings is 1. The third kappa shape index (κ3) is 5.58. The van der Waals surface area contributed by atoms with Gasteiger partial charge in [0.15, 0.2) is 24.7 Å². The van der Waals surface area contributed by atoms with Crippen molar-refractivity contribution < 1.29 is 48.4 Å². The lowest BCUT2D eigenvalue weighted by Gasteiger charge is -2.50. The summed E-state index contributed by atoms with van der Waals surface area (Å²) in [6.45, 7) is 2.52. The van der Waals surface area contributed by atoms with Gasteiger partial charge in [-0.2, -0.15) is 4.98 Å². The van der Waals surface area contributed by atoms with Crippen LogP contribution in [0.5, 0.6) is 0 Å². The summed E-state index contributed by atoms with van der Waals surface area (Å²) in [7, 11) is 0. The van der Waals surface area contributed by atoms with Crippen molar-refractivity contribution in [2.24, 2.45) is 10.3 Å². The molecule has 4 rings (SSSR count). The van der Waals surface area contributed by atoms with Crippen LogP contribution in [0.2, 0.25) is 0 Å². The molecule has 0 radical (unpaired) electrons. The van der Waals surface area contributed by atoms with Gasteiger partial charge in [-0.3, -0.25) is 14.5 Å². The first-order valence-corrected chi connectivity index (χ1v) is 12.5. The molecule has 0 aromatic carbocycles. The van der Waals surface area contributed by atoms with Crippen LogP contribution in [-0.4, -0.2) is 78.6 Å². The number of nitrogen functional groups attached to an aromatic ring is 1. The number of thioether (sulfide) groups is 1. The highest BCUT2D eigenvalue weighted by Gasteiger charge is 2.53. The van der Waals surface area contributed by atoms with Crippen LogP contribution in [0.3, 0.4) is 0 Å².